The SMILES string of the molecule is CC(C)C(CO)Nc1cc(NCc2ccc(NC(=O)CN(C)C)cc2)n2ncc(Br)c2n1. The van der Waals surface area contributed by atoms with E-state index >= 15 is 0 Å². The van der Waals surface area contributed by atoms with Crippen LogP contribution in [0.25, 0.3) is 5.65 Å². The van der Waals surface area contributed by atoms with Crippen molar-refractivity contribution in [3.63, 3.8) is 0 Å². The highest BCUT2D eigenvalue weighted by molar-refractivity contribution is 9.10. The normalized spacial score (nSPS) is 12.4. The summed E-state index contributed by atoms with van der Waals surface area (Å²) in [5.41, 5.74) is 2.49. The van der Waals surface area contributed by atoms with Gasteiger partial charge in [-0.25, -0.2) is 4.98 Å². The lowest BCUT2D eigenvalue weighted by Crippen LogP contribution is -2.30. The van der Waals surface area contributed by atoms with Crippen molar-refractivity contribution in [3.05, 3.63) is 46.6 Å². The molecule has 10 heteroatoms. The molecule has 3 rings (SSSR count). The zero-order valence-corrected chi connectivity index (χ0v) is 20.3. The number of carbonyl (C=O) groups is 1. The Labute approximate surface area is 196 Å². The van der Waals surface area contributed by atoms with Crippen molar-refractivity contribution in [2.75, 3.05) is 43.2 Å². The highest BCUT2D eigenvalue weighted by Gasteiger charge is 2.16. The number of benzene rings is 1. The van der Waals surface area contributed by atoms with E-state index in [2.05, 4.69) is 42.0 Å². The Morgan fingerprint density at radius 3 is 2.59 bits per heavy atom. The molecule has 1 unspecified atom stereocenters. The molecule has 0 aliphatic heterocycles. The van der Waals surface area contributed by atoms with E-state index in [4.69, 9.17) is 0 Å². The molecule has 0 aliphatic rings. The molecule has 0 spiro atoms. The lowest BCUT2D eigenvalue weighted by molar-refractivity contribution is -0.116. The van der Waals surface area contributed by atoms with Gasteiger partial charge in [0.25, 0.3) is 0 Å². The number of nitrogens with one attached hydrogen (secondary N) is 3. The van der Waals surface area contributed by atoms with E-state index in [9.17, 15) is 9.90 Å². The summed E-state index contributed by atoms with van der Waals surface area (Å²) in [6, 6.07) is 9.49. The average Bonchev–Trinajstić information content (AvgIpc) is 3.11. The van der Waals surface area contributed by atoms with Crippen LogP contribution >= 0.6 is 15.9 Å². The maximum atomic E-state index is 11.9. The Bertz CT molecular complexity index is 1050. The third-order valence-corrected chi connectivity index (χ3v) is 5.49. The van der Waals surface area contributed by atoms with E-state index in [0.29, 0.717) is 24.6 Å². The van der Waals surface area contributed by atoms with E-state index < -0.39 is 0 Å². The molecule has 0 aliphatic carbocycles. The standard InChI is InChI=1S/C22H30BrN7O2/c1-14(2)18(13-31)27-19-9-20(30-22(28-19)17(23)11-25-30)24-10-15-5-7-16(8-6-15)26-21(32)12-29(3)4/h5-9,11,14,18,24,31H,10,12-13H2,1-4H3,(H,26,32)(H,27,28). The van der Waals surface area contributed by atoms with E-state index in [0.717, 1.165) is 21.5 Å². The first-order chi connectivity index (χ1) is 15.3. The minimum absolute atomic E-state index is 0.0190. The van der Waals surface area contributed by atoms with Crippen LogP contribution < -0.4 is 16.0 Å². The molecule has 1 aromatic carbocycles. The summed E-state index contributed by atoms with van der Waals surface area (Å²) in [6.07, 6.45) is 1.70. The highest BCUT2D eigenvalue weighted by Crippen LogP contribution is 2.24. The summed E-state index contributed by atoms with van der Waals surface area (Å²) in [6.45, 7) is 5.02. The topological polar surface area (TPSA) is 107 Å². The van der Waals surface area contributed by atoms with Crippen molar-refractivity contribution in [2.24, 2.45) is 5.92 Å². The Morgan fingerprint density at radius 1 is 1.25 bits per heavy atom. The first-order valence-electron chi connectivity index (χ1n) is 10.5. The Morgan fingerprint density at radius 2 is 1.97 bits per heavy atom. The number of rotatable bonds is 10. The minimum Gasteiger partial charge on any atom is -0.394 e. The van der Waals surface area contributed by atoms with Crippen LogP contribution in [0.1, 0.15) is 19.4 Å². The van der Waals surface area contributed by atoms with Crippen LogP contribution in [0.4, 0.5) is 17.3 Å². The molecule has 0 saturated carbocycles. The van der Waals surface area contributed by atoms with Crippen molar-refractivity contribution in [1.29, 1.82) is 0 Å². The van der Waals surface area contributed by atoms with Crippen LogP contribution in [-0.2, 0) is 11.3 Å². The maximum absolute atomic E-state index is 11.9. The fourth-order valence-electron chi connectivity index (χ4n) is 3.14. The van der Waals surface area contributed by atoms with Crippen molar-refractivity contribution < 1.29 is 9.90 Å². The van der Waals surface area contributed by atoms with Gasteiger partial charge in [-0.15, -0.1) is 0 Å². The van der Waals surface area contributed by atoms with Crippen LogP contribution in [0.15, 0.2) is 41.0 Å². The molecule has 2 aromatic heterocycles. The monoisotopic (exact) mass is 503 g/mol. The van der Waals surface area contributed by atoms with Gasteiger partial charge >= 0.3 is 0 Å². The summed E-state index contributed by atoms with van der Waals surface area (Å²) >= 11 is 3.50. The van der Waals surface area contributed by atoms with Gasteiger partial charge in [0.15, 0.2) is 5.65 Å². The molecule has 2 heterocycles. The molecular formula is C22H30BrN7O2. The van der Waals surface area contributed by atoms with Crippen molar-refractivity contribution >= 4 is 44.8 Å². The van der Waals surface area contributed by atoms with E-state index in [-0.39, 0.29) is 24.5 Å². The Balaban J connectivity index is 1.73. The molecule has 0 saturated heterocycles. The molecule has 0 bridgehead atoms. The van der Waals surface area contributed by atoms with Crippen molar-refractivity contribution in [2.45, 2.75) is 26.4 Å². The van der Waals surface area contributed by atoms with Crippen LogP contribution in [0, 0.1) is 5.92 Å². The fourth-order valence-corrected chi connectivity index (χ4v) is 3.48. The van der Waals surface area contributed by atoms with Crippen LogP contribution in [0.3, 0.4) is 0 Å². The zero-order chi connectivity index (χ0) is 23.3. The van der Waals surface area contributed by atoms with Gasteiger partial charge in [0.2, 0.25) is 5.91 Å². The number of aliphatic hydroxyl groups excluding tert-OH is 1. The predicted molar refractivity (Wildman–Crippen MR) is 131 cm³/mol. The van der Waals surface area contributed by atoms with Gasteiger partial charge in [0.05, 0.1) is 29.9 Å². The lowest BCUT2D eigenvalue weighted by atomic mass is 10.1. The third kappa shape index (κ3) is 6.18. The van der Waals surface area contributed by atoms with E-state index in [1.807, 2.05) is 63.2 Å². The second-order valence-electron chi connectivity index (χ2n) is 8.27. The molecule has 32 heavy (non-hydrogen) atoms. The highest BCUT2D eigenvalue weighted by atomic mass is 79.9. The van der Waals surface area contributed by atoms with Crippen LogP contribution in [-0.4, -0.2) is 63.8 Å². The van der Waals surface area contributed by atoms with Gasteiger partial charge in [-0.3, -0.25) is 4.79 Å². The summed E-state index contributed by atoms with van der Waals surface area (Å²) in [5.74, 6) is 1.63. The zero-order valence-electron chi connectivity index (χ0n) is 18.8. The molecule has 9 nitrogen and oxygen atoms in total. The minimum atomic E-state index is -0.102. The van der Waals surface area contributed by atoms with Crippen LogP contribution in [0.2, 0.25) is 0 Å². The molecule has 4 N–H and O–H groups in total. The average molecular weight is 504 g/mol. The summed E-state index contributed by atoms with van der Waals surface area (Å²) in [5, 5.41) is 23.7. The number of aliphatic hydroxyl groups is 1. The van der Waals surface area contributed by atoms with E-state index in [1.165, 1.54) is 0 Å². The summed E-state index contributed by atoms with van der Waals surface area (Å²) < 4.78 is 2.51. The second-order valence-corrected chi connectivity index (χ2v) is 9.12. The van der Waals surface area contributed by atoms with Crippen molar-refractivity contribution in [3.8, 4) is 0 Å². The van der Waals surface area contributed by atoms with Gasteiger partial charge in [-0.2, -0.15) is 9.61 Å². The van der Waals surface area contributed by atoms with Gasteiger partial charge in [-0.1, -0.05) is 26.0 Å². The van der Waals surface area contributed by atoms with Gasteiger partial charge in [-0.05, 0) is 53.6 Å². The Hall–Kier alpha value is -2.69. The van der Waals surface area contributed by atoms with Gasteiger partial charge < -0.3 is 26.0 Å². The number of nitrogens with zero attached hydrogens (tertiary/aromatic N) is 4. The quantitative estimate of drug-likeness (QED) is 0.336. The number of fused-ring (bicyclic) bond motifs is 1. The number of aromatic nitrogens is 3. The first kappa shape index (κ1) is 24.0. The fraction of sp³-hybridized carbons (Fsp3) is 0.409. The maximum Gasteiger partial charge on any atom is 0.238 e. The van der Waals surface area contributed by atoms with E-state index in [1.54, 1.807) is 10.7 Å². The van der Waals surface area contributed by atoms with Crippen LogP contribution in [0.5, 0.6) is 0 Å². The molecule has 3 aromatic rings. The number of carbonyl (C=O) groups excluding carboxylic acids is 1. The molecule has 0 radical (unpaired) electrons. The molecule has 0 fully saturated rings. The summed E-state index contributed by atoms with van der Waals surface area (Å²) in [7, 11) is 3.71. The first-order valence-corrected chi connectivity index (χ1v) is 11.2. The number of halogens is 1. The number of likely N-dealkylation sites (N-methyl/N-ethyl adjacent to an activating group) is 1. The Kier molecular flexibility index (Phi) is 8.05. The van der Waals surface area contributed by atoms with Gasteiger partial charge in [0, 0.05) is 18.3 Å². The lowest BCUT2D eigenvalue weighted by Gasteiger charge is -2.21. The molecule has 1 amide bonds. The molecule has 172 valence electrons. The number of hydrogen-bond donors (Lipinski definition) is 4. The smallest absolute Gasteiger partial charge is 0.238 e. The van der Waals surface area contributed by atoms with Gasteiger partial charge in [0.1, 0.15) is 11.6 Å². The number of anilines is 3. The molecular weight excluding hydrogens is 474 g/mol. The molecule has 1 atom stereocenters. The number of hydrogen-bond acceptors (Lipinski definition) is 7. The second kappa shape index (κ2) is 10.8. The van der Waals surface area contributed by atoms with Crippen molar-refractivity contribution in [1.82, 2.24) is 19.5 Å². The third-order valence-electron chi connectivity index (χ3n) is 4.93. The predicted octanol–water partition coefficient (Wildman–Crippen LogP) is 3.03. The largest absolute Gasteiger partial charge is 0.394 e. The number of amides is 1. The summed E-state index contributed by atoms with van der Waals surface area (Å²) in [4.78, 5) is 18.4.